The maximum absolute atomic E-state index is 17.1. The van der Waals surface area contributed by atoms with Crippen molar-refractivity contribution in [2.45, 2.75) is 105 Å². The van der Waals surface area contributed by atoms with Crippen LogP contribution in [0.3, 0.4) is 0 Å². The van der Waals surface area contributed by atoms with Crippen LogP contribution in [0.2, 0.25) is 0 Å². The van der Waals surface area contributed by atoms with Crippen molar-refractivity contribution in [1.29, 1.82) is 0 Å². The molecule has 5 heterocycles. The van der Waals surface area contributed by atoms with E-state index < -0.39 is 23.6 Å². The molecule has 0 radical (unpaired) electrons. The van der Waals surface area contributed by atoms with E-state index in [0.29, 0.717) is 47.8 Å². The molecule has 3 aliphatic heterocycles. The molecule has 1 saturated carbocycles. The third-order valence-electron chi connectivity index (χ3n) is 13.6. The zero-order valence-electron chi connectivity index (χ0n) is 41.1. The second kappa shape index (κ2) is 22.0. The number of rotatable bonds is 13. The van der Waals surface area contributed by atoms with E-state index in [0.717, 1.165) is 82.6 Å². The maximum atomic E-state index is 17.1. The van der Waals surface area contributed by atoms with E-state index in [1.165, 1.54) is 29.2 Å². The summed E-state index contributed by atoms with van der Waals surface area (Å²) in [5.74, 6) is 1.13. The Morgan fingerprint density at radius 3 is 2.42 bits per heavy atom. The van der Waals surface area contributed by atoms with Gasteiger partial charge in [-0.15, -0.1) is 6.42 Å². The summed E-state index contributed by atoms with van der Waals surface area (Å²) >= 11 is 0. The van der Waals surface area contributed by atoms with Crippen LogP contribution in [-0.2, 0) is 20.9 Å². The van der Waals surface area contributed by atoms with Gasteiger partial charge in [0, 0.05) is 87.0 Å². The van der Waals surface area contributed by atoms with Crippen molar-refractivity contribution in [3.05, 3.63) is 77.0 Å². The molecule has 5 aromatic rings. The summed E-state index contributed by atoms with van der Waals surface area (Å²) in [4.78, 5) is 59.7. The number of carbonyl (C=O) groups excluding carboxylic acids is 3. The zero-order chi connectivity index (χ0) is 49.6. The Labute approximate surface area is 404 Å². The molecule has 0 spiro atoms. The molecule has 1 aliphatic carbocycles. The Hall–Kier alpha value is -6.24. The monoisotopic (exact) mass is 945 g/mol. The summed E-state index contributed by atoms with van der Waals surface area (Å²) < 4.78 is 38.5. The van der Waals surface area contributed by atoms with E-state index in [-0.39, 0.29) is 69.6 Å². The molecule has 69 heavy (non-hydrogen) atoms. The quantitative estimate of drug-likeness (QED) is 0.0663. The number of hydrogen-bond donors (Lipinski definition) is 2. The summed E-state index contributed by atoms with van der Waals surface area (Å²) in [5.41, 5.74) is 2.72. The van der Waals surface area contributed by atoms with Crippen LogP contribution in [0.25, 0.3) is 32.9 Å². The second-order valence-electron chi connectivity index (χ2n) is 18.7. The first kappa shape index (κ1) is 50.6. The summed E-state index contributed by atoms with van der Waals surface area (Å²) in [6, 6.07) is 10.8. The van der Waals surface area contributed by atoms with Crippen LogP contribution in [0.4, 0.5) is 20.3 Å². The number of hydrogen-bond acceptors (Lipinski definition) is 11. The third-order valence-corrected chi connectivity index (χ3v) is 13.6. The van der Waals surface area contributed by atoms with Gasteiger partial charge in [0.2, 0.25) is 18.2 Å². The molecule has 4 aliphatic rings. The molecule has 15 heteroatoms. The van der Waals surface area contributed by atoms with Gasteiger partial charge in [0.05, 0.1) is 17.6 Å². The highest BCUT2D eigenvalue weighted by molar-refractivity contribution is 6.05. The molecule has 9 rings (SSSR count). The number of ether oxygens (including phenoxy) is 1. The summed E-state index contributed by atoms with van der Waals surface area (Å²) in [5, 5.41) is 14.2. The largest absolute Gasteiger partial charge is 0.508 e. The number of phenolic OH excluding ortho intramolecular Hbond substituents is 1. The van der Waals surface area contributed by atoms with Crippen LogP contribution in [0.5, 0.6) is 11.8 Å². The number of nitrogens with one attached hydrogen (secondary N) is 1. The van der Waals surface area contributed by atoms with Gasteiger partial charge in [0.15, 0.2) is 5.82 Å². The van der Waals surface area contributed by atoms with Crippen molar-refractivity contribution in [2.24, 2.45) is 11.3 Å². The number of carbonyl (C=O) groups is 3. The summed E-state index contributed by atoms with van der Waals surface area (Å²) in [6.45, 7) is 21.1. The van der Waals surface area contributed by atoms with Crippen molar-refractivity contribution in [3.63, 3.8) is 0 Å². The molecule has 0 bridgehead atoms. The third kappa shape index (κ3) is 10.8. The Morgan fingerprint density at radius 2 is 1.75 bits per heavy atom. The molecule has 3 amide bonds. The van der Waals surface area contributed by atoms with E-state index in [9.17, 15) is 19.5 Å². The molecule has 2 N–H and O–H groups in total. The predicted molar refractivity (Wildman–Crippen MR) is 267 cm³/mol. The number of amides is 3. The number of terminal acetylenes is 1. The Bertz CT molecular complexity index is 2730. The number of anilines is 2. The van der Waals surface area contributed by atoms with Crippen molar-refractivity contribution < 1.29 is 33.0 Å². The standard InChI is InChI=1S/C50H54F2N8O5.2C2H6/c1-5-35-38(51)12-11-32-22-34(62)23-36(43(32)35)45-44(52)46-37(24-53-45)47(59-17-7-8-31(4)25-59)56-49(55-46)65-28-50(15-16-50)27-58-20-18-57(19-21-58)26-33-9-6-10-39(42(33)30(2)3)60(29-61)40-13-14-41(63)54-48(40)64;2*1-2/h1,6,9-12,22-24,29-31,40,62H,7-8,13-21,25-28H2,2-4H3,(H,54,63,64);2*1-2H3. The fourth-order valence-electron chi connectivity index (χ4n) is 10.1. The summed E-state index contributed by atoms with van der Waals surface area (Å²) in [6.07, 6.45) is 12.4. The van der Waals surface area contributed by atoms with Crippen LogP contribution in [0.1, 0.15) is 110 Å². The fraction of sp³-hybridized carbons (Fsp3) is 0.481. The van der Waals surface area contributed by atoms with E-state index in [1.54, 1.807) is 6.20 Å². The fourth-order valence-corrected chi connectivity index (χ4v) is 10.1. The number of fused-ring (bicyclic) bond motifs is 2. The Balaban J connectivity index is 0.00000171. The number of aromatic nitrogens is 3. The molecule has 3 saturated heterocycles. The number of imide groups is 1. The van der Waals surface area contributed by atoms with E-state index in [2.05, 4.69) is 62.7 Å². The minimum absolute atomic E-state index is 0.0188. The van der Waals surface area contributed by atoms with Gasteiger partial charge in [-0.1, -0.05) is 72.6 Å². The van der Waals surface area contributed by atoms with Crippen LogP contribution in [0.15, 0.2) is 48.7 Å². The van der Waals surface area contributed by atoms with E-state index in [1.807, 2.05) is 39.8 Å². The highest BCUT2D eigenvalue weighted by Gasteiger charge is 2.45. The molecule has 2 aromatic heterocycles. The highest BCUT2D eigenvalue weighted by atomic mass is 19.1. The van der Waals surface area contributed by atoms with Gasteiger partial charge in [0.1, 0.15) is 34.6 Å². The number of halogens is 2. The molecule has 3 aromatic carbocycles. The first-order chi connectivity index (χ1) is 33.3. The molecule has 2 atom stereocenters. The van der Waals surface area contributed by atoms with Gasteiger partial charge in [-0.3, -0.25) is 29.6 Å². The number of piperidine rings is 2. The van der Waals surface area contributed by atoms with Crippen LogP contribution >= 0.6 is 0 Å². The second-order valence-corrected chi connectivity index (χ2v) is 18.7. The van der Waals surface area contributed by atoms with Gasteiger partial charge >= 0.3 is 6.01 Å². The number of pyridine rings is 1. The smallest absolute Gasteiger partial charge is 0.319 e. The maximum Gasteiger partial charge on any atom is 0.319 e. The van der Waals surface area contributed by atoms with Gasteiger partial charge in [-0.2, -0.15) is 9.97 Å². The minimum Gasteiger partial charge on any atom is -0.508 e. The van der Waals surface area contributed by atoms with Crippen LogP contribution < -0.4 is 19.9 Å². The lowest BCUT2D eigenvalue weighted by Crippen LogP contribution is -2.52. The van der Waals surface area contributed by atoms with Crippen molar-refractivity contribution >= 4 is 51.4 Å². The molecule has 13 nitrogen and oxygen atoms in total. The normalized spacial score (nSPS) is 19.2. The highest BCUT2D eigenvalue weighted by Crippen LogP contribution is 2.47. The first-order valence-corrected chi connectivity index (χ1v) is 24.7. The molecule has 2 unspecified atom stereocenters. The number of piperazine rings is 1. The minimum atomic E-state index is -0.748. The van der Waals surface area contributed by atoms with E-state index in [4.69, 9.17) is 16.1 Å². The first-order valence-electron chi connectivity index (χ1n) is 24.7. The Morgan fingerprint density at radius 1 is 1.01 bits per heavy atom. The molecular formula is C54H66F2N8O5. The number of phenols is 1. The van der Waals surface area contributed by atoms with Gasteiger partial charge in [0.25, 0.3) is 0 Å². The topological polar surface area (TPSA) is 144 Å². The van der Waals surface area contributed by atoms with Crippen LogP contribution in [0, 0.1) is 35.3 Å². The lowest BCUT2D eigenvalue weighted by atomic mass is 9.92. The number of aromatic hydroxyl groups is 1. The predicted octanol–water partition coefficient (Wildman–Crippen LogP) is 8.97. The lowest BCUT2D eigenvalue weighted by molar-refractivity contribution is -0.134. The van der Waals surface area contributed by atoms with E-state index >= 15 is 8.78 Å². The van der Waals surface area contributed by atoms with Gasteiger partial charge < -0.3 is 24.5 Å². The van der Waals surface area contributed by atoms with Gasteiger partial charge in [-0.05, 0) is 84.7 Å². The average molecular weight is 945 g/mol. The molecule has 366 valence electrons. The number of benzene rings is 3. The van der Waals surface area contributed by atoms with Crippen molar-refractivity contribution in [2.75, 3.05) is 62.2 Å². The molecular weight excluding hydrogens is 879 g/mol. The Kier molecular flexibility index (Phi) is 16.2. The zero-order valence-corrected chi connectivity index (χ0v) is 41.1. The van der Waals surface area contributed by atoms with Crippen molar-refractivity contribution in [1.82, 2.24) is 30.1 Å². The van der Waals surface area contributed by atoms with Crippen LogP contribution in [-0.4, -0.2) is 107 Å². The average Bonchev–Trinajstić information content (AvgIpc) is 4.12. The van der Waals surface area contributed by atoms with Crippen molar-refractivity contribution in [3.8, 4) is 35.4 Å². The van der Waals surface area contributed by atoms with Gasteiger partial charge in [-0.25, -0.2) is 8.78 Å². The summed E-state index contributed by atoms with van der Waals surface area (Å²) in [7, 11) is 0. The molecule has 4 fully saturated rings. The SMILES string of the molecule is C#Cc1c(F)ccc2cc(O)cc(-c3ncc4c(N5CCCC(C)C5)nc(OCC5(CN6CCN(Cc7cccc(N(C=O)C8CCC(=O)NC8=O)c7C(C)C)CC6)CC5)nc4c3F)c12.CC.CC. The lowest BCUT2D eigenvalue weighted by Gasteiger charge is -2.37. The number of nitrogens with zero attached hydrogens (tertiary/aromatic N) is 7.